The van der Waals surface area contributed by atoms with Crippen LogP contribution in [0.4, 0.5) is 0 Å². The SMILES string of the molecule is [CH2]CCCCCC(CCCCCCCCCC)CCCCCCCCCCCCCCC. The fourth-order valence-electron chi connectivity index (χ4n) is 5.24. The van der Waals surface area contributed by atoms with Crippen molar-refractivity contribution < 1.29 is 0 Å². The predicted octanol–water partition coefficient (Wildman–Crippen LogP) is 12.4. The second-order valence-electron chi connectivity index (χ2n) is 10.9. The van der Waals surface area contributed by atoms with Crippen LogP contribution in [-0.4, -0.2) is 0 Å². The van der Waals surface area contributed by atoms with Crippen molar-refractivity contribution in [1.82, 2.24) is 0 Å². The molecule has 0 aliphatic heterocycles. The Morgan fingerprint density at radius 3 is 0.875 bits per heavy atom. The van der Waals surface area contributed by atoms with Gasteiger partial charge in [-0.1, -0.05) is 201 Å². The third kappa shape index (κ3) is 26.3. The van der Waals surface area contributed by atoms with Crippen LogP contribution in [0.5, 0.6) is 0 Å². The summed E-state index contributed by atoms with van der Waals surface area (Å²) < 4.78 is 0. The maximum atomic E-state index is 4.02. The summed E-state index contributed by atoms with van der Waals surface area (Å²) in [7, 11) is 0. The number of rotatable bonds is 28. The Balaban J connectivity index is 3.63. The van der Waals surface area contributed by atoms with Crippen molar-refractivity contribution in [2.45, 2.75) is 194 Å². The molecular weight excluding hydrogens is 384 g/mol. The lowest BCUT2D eigenvalue weighted by atomic mass is 9.89. The Morgan fingerprint density at radius 1 is 0.344 bits per heavy atom. The van der Waals surface area contributed by atoms with Crippen molar-refractivity contribution in [3.05, 3.63) is 6.92 Å². The van der Waals surface area contributed by atoms with Gasteiger partial charge in [0.15, 0.2) is 0 Å². The van der Waals surface area contributed by atoms with Crippen LogP contribution in [0.25, 0.3) is 0 Å². The third-order valence-corrected chi connectivity index (χ3v) is 7.54. The average molecular weight is 450 g/mol. The van der Waals surface area contributed by atoms with Gasteiger partial charge in [0.25, 0.3) is 0 Å². The molecule has 0 bridgehead atoms. The van der Waals surface area contributed by atoms with Crippen molar-refractivity contribution >= 4 is 0 Å². The maximum Gasteiger partial charge on any atom is -0.0414 e. The number of hydrogen-bond acceptors (Lipinski definition) is 0. The van der Waals surface area contributed by atoms with Gasteiger partial charge in [-0.15, -0.1) is 0 Å². The molecular formula is C32H65. The van der Waals surface area contributed by atoms with E-state index in [0.29, 0.717) is 0 Å². The molecule has 0 rings (SSSR count). The molecule has 0 heteroatoms. The van der Waals surface area contributed by atoms with Crippen molar-refractivity contribution in [1.29, 1.82) is 0 Å². The van der Waals surface area contributed by atoms with Crippen molar-refractivity contribution in [2.24, 2.45) is 5.92 Å². The first-order valence-electron chi connectivity index (χ1n) is 15.6. The summed E-state index contributed by atoms with van der Waals surface area (Å²) in [6.07, 6.45) is 40.7. The zero-order chi connectivity index (χ0) is 23.4. The summed E-state index contributed by atoms with van der Waals surface area (Å²) >= 11 is 0. The minimum atomic E-state index is 1.02. The van der Waals surface area contributed by atoms with Crippen LogP contribution >= 0.6 is 0 Å². The van der Waals surface area contributed by atoms with Gasteiger partial charge in [-0.2, -0.15) is 0 Å². The standard InChI is InChI=1S/C32H65/c1-4-7-10-13-15-17-18-19-20-21-23-25-28-31-32(29-26-12-9-6-3)30-27-24-22-16-14-11-8-5-2/h32H,3-31H2,1-2H3. The summed E-state index contributed by atoms with van der Waals surface area (Å²) in [6, 6.07) is 0. The van der Waals surface area contributed by atoms with Crippen LogP contribution in [0, 0.1) is 12.8 Å². The highest BCUT2D eigenvalue weighted by Gasteiger charge is 2.08. The molecule has 0 saturated carbocycles. The van der Waals surface area contributed by atoms with Gasteiger partial charge in [0.1, 0.15) is 0 Å². The first kappa shape index (κ1) is 32.0. The molecule has 32 heavy (non-hydrogen) atoms. The molecule has 0 saturated heterocycles. The third-order valence-electron chi connectivity index (χ3n) is 7.54. The molecule has 1 radical (unpaired) electrons. The molecule has 0 nitrogen and oxygen atoms in total. The Bertz CT molecular complexity index is 307. The summed E-state index contributed by atoms with van der Waals surface area (Å²) in [5, 5.41) is 0. The fourth-order valence-corrected chi connectivity index (χ4v) is 5.24. The van der Waals surface area contributed by atoms with Gasteiger partial charge >= 0.3 is 0 Å². The van der Waals surface area contributed by atoms with Gasteiger partial charge in [-0.25, -0.2) is 0 Å². The minimum absolute atomic E-state index is 1.02. The highest BCUT2D eigenvalue weighted by molar-refractivity contribution is 4.62. The molecule has 0 aliphatic rings. The maximum absolute atomic E-state index is 4.02. The molecule has 0 aliphatic carbocycles. The van der Waals surface area contributed by atoms with Crippen LogP contribution in [-0.2, 0) is 0 Å². The first-order valence-corrected chi connectivity index (χ1v) is 15.6. The van der Waals surface area contributed by atoms with E-state index in [1.54, 1.807) is 0 Å². The molecule has 0 aromatic heterocycles. The zero-order valence-corrected chi connectivity index (χ0v) is 23.1. The minimum Gasteiger partial charge on any atom is -0.0654 e. The van der Waals surface area contributed by atoms with Crippen LogP contribution in [0.15, 0.2) is 0 Å². The highest BCUT2D eigenvalue weighted by Crippen LogP contribution is 2.24. The number of hydrogen-bond donors (Lipinski definition) is 0. The van der Waals surface area contributed by atoms with Crippen LogP contribution in [0.3, 0.4) is 0 Å². The molecule has 0 amide bonds. The Labute approximate surface area is 206 Å². The smallest absolute Gasteiger partial charge is 0.0414 e. The van der Waals surface area contributed by atoms with Gasteiger partial charge in [0.05, 0.1) is 0 Å². The monoisotopic (exact) mass is 450 g/mol. The van der Waals surface area contributed by atoms with E-state index in [1.807, 2.05) is 0 Å². The van der Waals surface area contributed by atoms with E-state index < -0.39 is 0 Å². The lowest BCUT2D eigenvalue weighted by Gasteiger charge is -2.17. The molecule has 0 spiro atoms. The molecule has 0 N–H and O–H groups in total. The molecule has 0 aromatic carbocycles. The van der Waals surface area contributed by atoms with Crippen LogP contribution in [0.2, 0.25) is 0 Å². The lowest BCUT2D eigenvalue weighted by molar-refractivity contribution is 0.366. The largest absolute Gasteiger partial charge is 0.0654 e. The second-order valence-corrected chi connectivity index (χ2v) is 10.9. The number of unbranched alkanes of at least 4 members (excludes halogenated alkanes) is 22. The van der Waals surface area contributed by atoms with Crippen LogP contribution < -0.4 is 0 Å². The van der Waals surface area contributed by atoms with E-state index in [4.69, 9.17) is 0 Å². The highest BCUT2D eigenvalue weighted by atomic mass is 14.1. The van der Waals surface area contributed by atoms with Gasteiger partial charge in [-0.3, -0.25) is 0 Å². The van der Waals surface area contributed by atoms with Crippen molar-refractivity contribution in [2.75, 3.05) is 0 Å². The molecule has 1 unspecified atom stereocenters. The molecule has 0 fully saturated rings. The van der Waals surface area contributed by atoms with Gasteiger partial charge in [0, 0.05) is 0 Å². The van der Waals surface area contributed by atoms with Gasteiger partial charge in [-0.05, 0) is 5.92 Å². The Kier molecular flexibility index (Phi) is 29.0. The molecule has 1 atom stereocenters. The normalized spacial score (nSPS) is 12.5. The predicted molar refractivity (Wildman–Crippen MR) is 149 cm³/mol. The molecule has 0 aromatic rings. The second kappa shape index (κ2) is 29.0. The zero-order valence-electron chi connectivity index (χ0n) is 23.1. The van der Waals surface area contributed by atoms with Crippen LogP contribution in [0.1, 0.15) is 194 Å². The quantitative estimate of drug-likeness (QED) is 0.104. The first-order chi connectivity index (χ1) is 15.8. The van der Waals surface area contributed by atoms with E-state index >= 15 is 0 Å². The Hall–Kier alpha value is 0. The van der Waals surface area contributed by atoms with E-state index in [1.165, 1.54) is 173 Å². The van der Waals surface area contributed by atoms with Gasteiger partial charge < -0.3 is 0 Å². The summed E-state index contributed by atoms with van der Waals surface area (Å²) in [5.74, 6) is 1.02. The summed E-state index contributed by atoms with van der Waals surface area (Å²) in [6.45, 7) is 8.64. The van der Waals surface area contributed by atoms with Crippen molar-refractivity contribution in [3.63, 3.8) is 0 Å². The average Bonchev–Trinajstić information content (AvgIpc) is 2.80. The lowest BCUT2D eigenvalue weighted by Crippen LogP contribution is -2.01. The van der Waals surface area contributed by atoms with E-state index in [-0.39, 0.29) is 0 Å². The Morgan fingerprint density at radius 2 is 0.594 bits per heavy atom. The molecule has 0 heterocycles. The van der Waals surface area contributed by atoms with E-state index in [0.717, 1.165) is 12.3 Å². The molecule has 193 valence electrons. The fraction of sp³-hybridized carbons (Fsp3) is 0.969. The topological polar surface area (TPSA) is 0 Å². The summed E-state index contributed by atoms with van der Waals surface area (Å²) in [4.78, 5) is 0. The van der Waals surface area contributed by atoms with E-state index in [9.17, 15) is 0 Å². The van der Waals surface area contributed by atoms with E-state index in [2.05, 4.69) is 20.8 Å². The summed E-state index contributed by atoms with van der Waals surface area (Å²) in [5.41, 5.74) is 0. The van der Waals surface area contributed by atoms with Crippen molar-refractivity contribution in [3.8, 4) is 0 Å². The van der Waals surface area contributed by atoms with Gasteiger partial charge in [0.2, 0.25) is 0 Å².